The van der Waals surface area contributed by atoms with Gasteiger partial charge in [-0.2, -0.15) is 0 Å². The lowest BCUT2D eigenvalue weighted by molar-refractivity contribution is -0.138. The first-order chi connectivity index (χ1) is 15.6. The van der Waals surface area contributed by atoms with E-state index in [1.54, 1.807) is 6.07 Å². The highest BCUT2D eigenvalue weighted by Crippen LogP contribution is 2.34. The first-order valence-electron chi connectivity index (χ1n) is 11.4. The third-order valence-electron chi connectivity index (χ3n) is 6.89. The maximum absolute atomic E-state index is 13.1. The van der Waals surface area contributed by atoms with E-state index in [1.807, 2.05) is 30.0 Å². The van der Waals surface area contributed by atoms with Crippen molar-refractivity contribution in [1.82, 2.24) is 9.80 Å². The van der Waals surface area contributed by atoms with E-state index in [9.17, 15) is 9.59 Å². The van der Waals surface area contributed by atoms with Gasteiger partial charge in [0.15, 0.2) is 11.5 Å². The first-order valence-corrected chi connectivity index (χ1v) is 11.4. The predicted molar refractivity (Wildman–Crippen MR) is 121 cm³/mol. The van der Waals surface area contributed by atoms with Gasteiger partial charge in [0.2, 0.25) is 18.6 Å². The second-order valence-electron chi connectivity index (χ2n) is 8.82. The molecule has 32 heavy (non-hydrogen) atoms. The molecule has 5 rings (SSSR count). The second kappa shape index (κ2) is 8.82. The maximum Gasteiger partial charge on any atom is 0.239 e. The summed E-state index contributed by atoms with van der Waals surface area (Å²) >= 11 is 0. The van der Waals surface area contributed by atoms with Gasteiger partial charge in [-0.3, -0.25) is 14.5 Å². The van der Waals surface area contributed by atoms with Gasteiger partial charge in [0.1, 0.15) is 0 Å². The fourth-order valence-corrected chi connectivity index (χ4v) is 4.87. The highest BCUT2D eigenvalue weighted by Gasteiger charge is 2.32. The molecule has 7 nitrogen and oxygen atoms in total. The Bertz CT molecular complexity index is 1020. The van der Waals surface area contributed by atoms with Gasteiger partial charge in [0.05, 0.1) is 6.04 Å². The van der Waals surface area contributed by atoms with Crippen molar-refractivity contribution < 1.29 is 19.1 Å². The molecule has 1 fully saturated rings. The molecule has 3 aliphatic rings. The fraction of sp³-hybridized carbons (Fsp3) is 0.440. The molecule has 0 aliphatic carbocycles. The molecule has 0 saturated carbocycles. The van der Waals surface area contributed by atoms with Crippen molar-refractivity contribution in [3.05, 3.63) is 53.6 Å². The standard InChI is InChI=1S/C25H29N3O4/c1-17(25(30)28-13-8-18-4-2-3-5-20(18)15-28)27-11-9-19(10-12-27)24(29)26-21-6-7-22-23(14-21)32-16-31-22/h2-7,14,17,19H,8-13,15-16H2,1H3,(H,26,29)/t17-/m0/s1. The zero-order chi connectivity index (χ0) is 22.1. The number of likely N-dealkylation sites (tertiary alicyclic amines) is 1. The Balaban J connectivity index is 1.13. The summed E-state index contributed by atoms with van der Waals surface area (Å²) < 4.78 is 10.7. The summed E-state index contributed by atoms with van der Waals surface area (Å²) in [5.74, 6) is 1.51. The van der Waals surface area contributed by atoms with Crippen molar-refractivity contribution in [3.8, 4) is 11.5 Å². The van der Waals surface area contributed by atoms with Gasteiger partial charge in [-0.05, 0) is 62.5 Å². The number of piperidine rings is 1. The average molecular weight is 436 g/mol. The topological polar surface area (TPSA) is 71.1 Å². The van der Waals surface area contributed by atoms with Gasteiger partial charge in [-0.25, -0.2) is 0 Å². The number of nitrogens with zero attached hydrogens (tertiary/aromatic N) is 2. The van der Waals surface area contributed by atoms with Crippen LogP contribution in [-0.4, -0.2) is 54.1 Å². The molecule has 0 bridgehead atoms. The van der Waals surface area contributed by atoms with Crippen LogP contribution in [0.2, 0.25) is 0 Å². The molecular weight excluding hydrogens is 406 g/mol. The van der Waals surface area contributed by atoms with Gasteiger partial charge < -0.3 is 19.7 Å². The minimum atomic E-state index is -0.168. The number of carbonyl (C=O) groups is 2. The van der Waals surface area contributed by atoms with E-state index >= 15 is 0 Å². The van der Waals surface area contributed by atoms with Gasteiger partial charge in [-0.1, -0.05) is 24.3 Å². The molecule has 168 valence electrons. The molecule has 1 saturated heterocycles. The normalized spacial score (nSPS) is 19.3. The van der Waals surface area contributed by atoms with Crippen LogP contribution < -0.4 is 14.8 Å². The molecule has 2 amide bonds. The molecule has 3 heterocycles. The van der Waals surface area contributed by atoms with Gasteiger partial charge in [-0.15, -0.1) is 0 Å². The van der Waals surface area contributed by atoms with Crippen LogP contribution in [-0.2, 0) is 22.6 Å². The molecule has 3 aliphatic heterocycles. The maximum atomic E-state index is 13.1. The number of hydrogen-bond donors (Lipinski definition) is 1. The lowest BCUT2D eigenvalue weighted by Crippen LogP contribution is -2.51. The molecular formula is C25H29N3O4. The van der Waals surface area contributed by atoms with Crippen molar-refractivity contribution in [2.75, 3.05) is 31.7 Å². The van der Waals surface area contributed by atoms with Gasteiger partial charge >= 0.3 is 0 Å². The summed E-state index contributed by atoms with van der Waals surface area (Å²) in [4.78, 5) is 30.1. The highest BCUT2D eigenvalue weighted by molar-refractivity contribution is 5.93. The zero-order valence-corrected chi connectivity index (χ0v) is 18.4. The largest absolute Gasteiger partial charge is 0.454 e. The molecule has 0 radical (unpaired) electrons. The SMILES string of the molecule is C[C@@H](C(=O)N1CCc2ccccc2C1)N1CCC(C(=O)Nc2ccc3c(c2)OCO3)CC1. The molecule has 1 N–H and O–H groups in total. The number of hydrogen-bond acceptors (Lipinski definition) is 5. The smallest absolute Gasteiger partial charge is 0.239 e. The Morgan fingerprint density at radius 1 is 1.00 bits per heavy atom. The minimum absolute atomic E-state index is 0.0233. The summed E-state index contributed by atoms with van der Waals surface area (Å²) in [6.45, 7) is 5.16. The highest BCUT2D eigenvalue weighted by atomic mass is 16.7. The van der Waals surface area contributed by atoms with Crippen LogP contribution in [0.25, 0.3) is 0 Å². The number of benzene rings is 2. The lowest BCUT2D eigenvalue weighted by Gasteiger charge is -2.38. The zero-order valence-electron chi connectivity index (χ0n) is 18.4. The fourth-order valence-electron chi connectivity index (χ4n) is 4.87. The van der Waals surface area contributed by atoms with E-state index in [4.69, 9.17) is 9.47 Å². The van der Waals surface area contributed by atoms with Crippen molar-refractivity contribution >= 4 is 17.5 Å². The molecule has 2 aromatic carbocycles. The Morgan fingerprint density at radius 3 is 2.56 bits per heavy atom. The van der Waals surface area contributed by atoms with E-state index in [-0.39, 0.29) is 30.6 Å². The minimum Gasteiger partial charge on any atom is -0.454 e. The third-order valence-corrected chi connectivity index (χ3v) is 6.89. The van der Waals surface area contributed by atoms with Crippen LogP contribution in [0.15, 0.2) is 42.5 Å². The Morgan fingerprint density at radius 2 is 1.75 bits per heavy atom. The molecule has 0 aromatic heterocycles. The number of carbonyl (C=O) groups excluding carboxylic acids is 2. The summed E-state index contributed by atoms with van der Waals surface area (Å²) in [6, 6.07) is 13.6. The molecule has 0 spiro atoms. The van der Waals surface area contributed by atoms with Crippen LogP contribution in [0.4, 0.5) is 5.69 Å². The number of amides is 2. The lowest BCUT2D eigenvalue weighted by atomic mass is 9.94. The van der Waals surface area contributed by atoms with E-state index in [0.29, 0.717) is 18.0 Å². The number of rotatable bonds is 4. The Kier molecular flexibility index (Phi) is 5.74. The quantitative estimate of drug-likeness (QED) is 0.799. The van der Waals surface area contributed by atoms with E-state index < -0.39 is 0 Å². The summed E-state index contributed by atoms with van der Waals surface area (Å²) in [6.07, 6.45) is 2.41. The van der Waals surface area contributed by atoms with Gasteiger partial charge in [0, 0.05) is 30.8 Å². The number of anilines is 1. The van der Waals surface area contributed by atoms with Crippen LogP contribution in [0.3, 0.4) is 0 Å². The number of ether oxygens (including phenoxy) is 2. The molecule has 1 atom stereocenters. The van der Waals surface area contributed by atoms with Crippen molar-refractivity contribution in [2.45, 2.75) is 38.8 Å². The molecule has 0 unspecified atom stereocenters. The number of fused-ring (bicyclic) bond motifs is 2. The van der Waals surface area contributed by atoms with Crippen molar-refractivity contribution in [1.29, 1.82) is 0 Å². The second-order valence-corrected chi connectivity index (χ2v) is 8.82. The van der Waals surface area contributed by atoms with E-state index in [2.05, 4.69) is 28.4 Å². The number of nitrogens with one attached hydrogen (secondary N) is 1. The molecule has 7 heteroatoms. The predicted octanol–water partition coefficient (Wildman–Crippen LogP) is 3.04. The summed E-state index contributed by atoms with van der Waals surface area (Å²) in [5.41, 5.74) is 3.31. The Labute approximate surface area is 188 Å². The van der Waals surface area contributed by atoms with E-state index in [1.165, 1.54) is 11.1 Å². The van der Waals surface area contributed by atoms with Gasteiger partial charge in [0.25, 0.3) is 0 Å². The van der Waals surface area contributed by atoms with Crippen molar-refractivity contribution in [3.63, 3.8) is 0 Å². The van der Waals surface area contributed by atoms with Crippen LogP contribution in [0.5, 0.6) is 11.5 Å². The third kappa shape index (κ3) is 4.17. The van der Waals surface area contributed by atoms with E-state index in [0.717, 1.165) is 44.6 Å². The monoisotopic (exact) mass is 435 g/mol. The average Bonchev–Trinajstić information content (AvgIpc) is 3.31. The van der Waals surface area contributed by atoms with Crippen LogP contribution in [0, 0.1) is 5.92 Å². The summed E-state index contributed by atoms with van der Waals surface area (Å²) in [5, 5.41) is 3.00. The van der Waals surface area contributed by atoms with Crippen LogP contribution in [0.1, 0.15) is 30.9 Å². The molecule has 2 aromatic rings. The Hall–Kier alpha value is -3.06. The summed E-state index contributed by atoms with van der Waals surface area (Å²) in [7, 11) is 0. The van der Waals surface area contributed by atoms with Crippen LogP contribution >= 0.6 is 0 Å². The van der Waals surface area contributed by atoms with Crippen molar-refractivity contribution in [2.24, 2.45) is 5.92 Å². The first kappa shape index (κ1) is 20.8.